The predicted molar refractivity (Wildman–Crippen MR) is 67.7 cm³/mol. The van der Waals surface area contributed by atoms with E-state index in [0.717, 1.165) is 5.56 Å². The number of carboxylic acids is 1. The van der Waals surface area contributed by atoms with E-state index in [2.05, 4.69) is 10.6 Å². The molecule has 1 rings (SSSR count). The second-order valence-electron chi connectivity index (χ2n) is 3.93. The molecule has 2 atom stereocenters. The van der Waals surface area contributed by atoms with Crippen LogP contribution in [0.3, 0.4) is 0 Å². The normalized spacial score (nSPS) is 13.7. The first-order chi connectivity index (χ1) is 8.52. The number of hydrogen-bond donors (Lipinski definition) is 4. The van der Waals surface area contributed by atoms with Crippen molar-refractivity contribution >= 4 is 23.3 Å². The van der Waals surface area contributed by atoms with E-state index in [1.807, 2.05) is 23.8 Å². The Hall–Kier alpha value is -1.60. The van der Waals surface area contributed by atoms with Gasteiger partial charge >= 0.3 is 12.0 Å². The Morgan fingerprint density at radius 2 is 2.17 bits per heavy atom. The van der Waals surface area contributed by atoms with Crippen molar-refractivity contribution in [2.24, 2.45) is 0 Å². The molecule has 0 aliphatic rings. The van der Waals surface area contributed by atoms with Crippen LogP contribution in [0.2, 0.25) is 0 Å². The number of aliphatic hydroxyl groups is 1. The van der Waals surface area contributed by atoms with Crippen LogP contribution in [0.4, 0.5) is 4.79 Å². The summed E-state index contributed by atoms with van der Waals surface area (Å²) >= 11 is 1.58. The van der Waals surface area contributed by atoms with Gasteiger partial charge in [0.1, 0.15) is 0 Å². The quantitative estimate of drug-likeness (QED) is 0.603. The van der Waals surface area contributed by atoms with Crippen LogP contribution in [0.1, 0.15) is 12.5 Å². The first-order valence-corrected chi connectivity index (χ1v) is 6.39. The Kier molecular flexibility index (Phi) is 5.60. The number of carbonyl (C=O) groups excluding carboxylic acids is 1. The van der Waals surface area contributed by atoms with Crippen LogP contribution in [-0.4, -0.2) is 40.9 Å². The summed E-state index contributed by atoms with van der Waals surface area (Å²) in [6, 6.07) is -0.0283. The van der Waals surface area contributed by atoms with Crippen molar-refractivity contribution < 1.29 is 19.8 Å². The lowest BCUT2D eigenvalue weighted by Crippen LogP contribution is -2.50. The Bertz CT molecular complexity index is 394. The van der Waals surface area contributed by atoms with Crippen molar-refractivity contribution in [3.8, 4) is 0 Å². The standard InChI is InChI=1S/C11H16N2O4S/c1-7(4-8-2-3-18-6-8)12-11(17)13-9(5-14)10(15)16/h2-3,6-7,9,14H,4-5H2,1H3,(H,15,16)(H2,12,13,17)/t7?,9-/m1/s1. The molecule has 1 heterocycles. The third-order valence-corrected chi connectivity index (χ3v) is 3.02. The van der Waals surface area contributed by atoms with E-state index in [-0.39, 0.29) is 6.04 Å². The zero-order valence-corrected chi connectivity index (χ0v) is 10.7. The molecule has 1 aromatic rings. The molecule has 0 bridgehead atoms. The van der Waals surface area contributed by atoms with Gasteiger partial charge < -0.3 is 20.8 Å². The largest absolute Gasteiger partial charge is 0.480 e. The molecule has 6 nitrogen and oxygen atoms in total. The lowest BCUT2D eigenvalue weighted by Gasteiger charge is -2.16. The second-order valence-corrected chi connectivity index (χ2v) is 4.71. The second kappa shape index (κ2) is 6.97. The van der Waals surface area contributed by atoms with Gasteiger partial charge in [-0.05, 0) is 35.7 Å². The van der Waals surface area contributed by atoms with Crippen LogP contribution >= 0.6 is 11.3 Å². The van der Waals surface area contributed by atoms with Gasteiger partial charge in [-0.3, -0.25) is 0 Å². The van der Waals surface area contributed by atoms with Gasteiger partial charge in [-0.1, -0.05) is 0 Å². The molecule has 7 heteroatoms. The van der Waals surface area contributed by atoms with E-state index in [1.165, 1.54) is 0 Å². The van der Waals surface area contributed by atoms with Gasteiger partial charge in [0.15, 0.2) is 6.04 Å². The summed E-state index contributed by atoms with van der Waals surface area (Å²) in [7, 11) is 0. The number of rotatable bonds is 6. The summed E-state index contributed by atoms with van der Waals surface area (Å²) in [5, 5.41) is 26.2. The topological polar surface area (TPSA) is 98.7 Å². The third kappa shape index (κ3) is 4.72. The molecule has 0 saturated carbocycles. The Morgan fingerprint density at radius 3 is 2.67 bits per heavy atom. The fourth-order valence-electron chi connectivity index (χ4n) is 1.42. The van der Waals surface area contributed by atoms with Gasteiger partial charge in [0, 0.05) is 6.04 Å². The lowest BCUT2D eigenvalue weighted by molar-refractivity contribution is -0.140. The van der Waals surface area contributed by atoms with E-state index in [1.54, 1.807) is 11.3 Å². The number of hydrogen-bond acceptors (Lipinski definition) is 4. The maximum atomic E-state index is 11.5. The zero-order valence-electron chi connectivity index (χ0n) is 9.92. The molecule has 0 saturated heterocycles. The summed E-state index contributed by atoms with van der Waals surface area (Å²) in [6.07, 6.45) is 0.674. The molecule has 4 N–H and O–H groups in total. The lowest BCUT2D eigenvalue weighted by atomic mass is 10.1. The highest BCUT2D eigenvalue weighted by Gasteiger charge is 2.19. The maximum Gasteiger partial charge on any atom is 0.328 e. The van der Waals surface area contributed by atoms with Gasteiger partial charge in [-0.15, -0.1) is 0 Å². The number of nitrogens with one attached hydrogen (secondary N) is 2. The minimum absolute atomic E-state index is 0.118. The van der Waals surface area contributed by atoms with Crippen molar-refractivity contribution in [2.75, 3.05) is 6.61 Å². The molecule has 1 unspecified atom stereocenters. The number of thiophene rings is 1. The van der Waals surface area contributed by atoms with Crippen molar-refractivity contribution in [1.82, 2.24) is 10.6 Å². The number of carbonyl (C=O) groups is 2. The van der Waals surface area contributed by atoms with Gasteiger partial charge in [0.25, 0.3) is 0 Å². The highest BCUT2D eigenvalue weighted by atomic mass is 32.1. The van der Waals surface area contributed by atoms with Crippen molar-refractivity contribution in [1.29, 1.82) is 0 Å². The molecule has 2 amide bonds. The van der Waals surface area contributed by atoms with Crippen molar-refractivity contribution in [2.45, 2.75) is 25.4 Å². The molecule has 0 aliphatic carbocycles. The number of urea groups is 1. The molecule has 100 valence electrons. The molecule has 0 aliphatic heterocycles. The van der Waals surface area contributed by atoms with Crippen LogP contribution in [0.15, 0.2) is 16.8 Å². The number of amides is 2. The SMILES string of the molecule is CC(Cc1ccsc1)NC(=O)N[C@H](CO)C(=O)O. The van der Waals surface area contributed by atoms with Gasteiger partial charge in [0.05, 0.1) is 6.61 Å². The van der Waals surface area contributed by atoms with E-state index in [9.17, 15) is 9.59 Å². The molecular formula is C11H16N2O4S. The smallest absolute Gasteiger partial charge is 0.328 e. The average molecular weight is 272 g/mol. The summed E-state index contributed by atoms with van der Waals surface area (Å²) in [5.41, 5.74) is 1.12. The minimum atomic E-state index is -1.28. The van der Waals surface area contributed by atoms with Crippen LogP contribution in [0, 0.1) is 0 Å². The summed E-state index contributed by atoms with van der Waals surface area (Å²) in [6.45, 7) is 1.19. The highest BCUT2D eigenvalue weighted by molar-refractivity contribution is 7.07. The highest BCUT2D eigenvalue weighted by Crippen LogP contribution is 2.08. The van der Waals surface area contributed by atoms with Crippen LogP contribution in [0.25, 0.3) is 0 Å². The van der Waals surface area contributed by atoms with E-state index >= 15 is 0 Å². The molecule has 0 spiro atoms. The fraction of sp³-hybridized carbons (Fsp3) is 0.455. The molecule has 18 heavy (non-hydrogen) atoms. The first-order valence-electron chi connectivity index (χ1n) is 5.44. The Morgan fingerprint density at radius 1 is 1.44 bits per heavy atom. The third-order valence-electron chi connectivity index (χ3n) is 2.29. The zero-order chi connectivity index (χ0) is 13.5. The monoisotopic (exact) mass is 272 g/mol. The first kappa shape index (κ1) is 14.5. The van der Waals surface area contributed by atoms with E-state index in [0.29, 0.717) is 6.42 Å². The molecule has 0 radical (unpaired) electrons. The minimum Gasteiger partial charge on any atom is -0.480 e. The van der Waals surface area contributed by atoms with Gasteiger partial charge in [0.2, 0.25) is 0 Å². The molecule has 0 aromatic carbocycles. The fourth-order valence-corrected chi connectivity index (χ4v) is 2.10. The molecule has 0 fully saturated rings. The summed E-state index contributed by atoms with van der Waals surface area (Å²) < 4.78 is 0. The summed E-state index contributed by atoms with van der Waals surface area (Å²) in [4.78, 5) is 22.1. The predicted octanol–water partition coefficient (Wildman–Crippen LogP) is 0.424. The van der Waals surface area contributed by atoms with Crippen LogP contribution < -0.4 is 10.6 Å². The van der Waals surface area contributed by atoms with E-state index < -0.39 is 24.6 Å². The number of aliphatic hydroxyl groups excluding tert-OH is 1. The Labute approximate surface area is 109 Å². The number of carboxylic acid groups (broad SMARTS) is 1. The number of aliphatic carboxylic acids is 1. The maximum absolute atomic E-state index is 11.5. The van der Waals surface area contributed by atoms with Gasteiger partial charge in [-0.25, -0.2) is 9.59 Å². The summed E-state index contributed by atoms with van der Waals surface area (Å²) in [5.74, 6) is -1.27. The van der Waals surface area contributed by atoms with Crippen LogP contribution in [-0.2, 0) is 11.2 Å². The van der Waals surface area contributed by atoms with Crippen molar-refractivity contribution in [3.05, 3.63) is 22.4 Å². The van der Waals surface area contributed by atoms with E-state index in [4.69, 9.17) is 10.2 Å². The average Bonchev–Trinajstić information content (AvgIpc) is 2.77. The molecular weight excluding hydrogens is 256 g/mol. The molecule has 1 aromatic heterocycles. The van der Waals surface area contributed by atoms with Gasteiger partial charge in [-0.2, -0.15) is 11.3 Å². The van der Waals surface area contributed by atoms with Crippen molar-refractivity contribution in [3.63, 3.8) is 0 Å². The Balaban J connectivity index is 2.37. The van der Waals surface area contributed by atoms with Crippen LogP contribution in [0.5, 0.6) is 0 Å².